The van der Waals surface area contributed by atoms with Crippen molar-refractivity contribution in [2.45, 2.75) is 6.54 Å². The molecular formula is C12H13N5O3. The van der Waals surface area contributed by atoms with Crippen molar-refractivity contribution in [3.05, 3.63) is 51.7 Å². The number of hydrogen-bond acceptors (Lipinski definition) is 6. The zero-order chi connectivity index (χ0) is 14.5. The molecule has 8 heteroatoms. The van der Waals surface area contributed by atoms with E-state index in [9.17, 15) is 10.1 Å². The molecule has 0 saturated carbocycles. The van der Waals surface area contributed by atoms with E-state index in [0.717, 1.165) is 11.1 Å². The summed E-state index contributed by atoms with van der Waals surface area (Å²) in [4.78, 5) is 10.1. The van der Waals surface area contributed by atoms with Crippen molar-refractivity contribution in [2.75, 3.05) is 7.11 Å². The molecule has 0 amide bonds. The fourth-order valence-electron chi connectivity index (χ4n) is 1.80. The summed E-state index contributed by atoms with van der Waals surface area (Å²) in [6, 6.07) is 6.77. The third kappa shape index (κ3) is 2.91. The van der Waals surface area contributed by atoms with Gasteiger partial charge in [-0.25, -0.2) is 0 Å². The van der Waals surface area contributed by atoms with Crippen LogP contribution >= 0.6 is 0 Å². The topological polar surface area (TPSA) is 109 Å². The molecule has 0 saturated heterocycles. The smallest absolute Gasteiger partial charge is 0.389 e. The molecule has 1 heterocycles. The number of methoxy groups -OCH3 is 1. The fraction of sp³-hybridized carbons (Fsp3) is 0.167. The Balaban J connectivity index is 2.30. The Morgan fingerprint density at radius 3 is 2.95 bits per heavy atom. The van der Waals surface area contributed by atoms with Crippen LogP contribution in [0.4, 0.5) is 5.82 Å². The first-order chi connectivity index (χ1) is 9.63. The molecule has 8 nitrogen and oxygen atoms in total. The van der Waals surface area contributed by atoms with Crippen molar-refractivity contribution in [2.24, 2.45) is 10.9 Å². The Kier molecular flexibility index (Phi) is 3.94. The molecule has 0 radical (unpaired) electrons. The molecule has 0 fully saturated rings. The van der Waals surface area contributed by atoms with Crippen LogP contribution in [-0.4, -0.2) is 28.0 Å². The van der Waals surface area contributed by atoms with Crippen molar-refractivity contribution in [3.63, 3.8) is 0 Å². The van der Waals surface area contributed by atoms with Gasteiger partial charge in [-0.3, -0.25) is 0 Å². The molecular weight excluding hydrogens is 262 g/mol. The van der Waals surface area contributed by atoms with Gasteiger partial charge in [0.15, 0.2) is 0 Å². The van der Waals surface area contributed by atoms with E-state index in [-0.39, 0.29) is 5.82 Å². The first kappa shape index (κ1) is 13.5. The minimum absolute atomic E-state index is 0.191. The maximum atomic E-state index is 10.6. The number of hydrazone groups is 1. The standard InChI is InChI=1S/C12H13N5O3/c1-20-11-3-2-9(7-14-13)6-10(11)8-16-5-4-12(15-16)17(18)19/h2-7H,8,13H2,1H3. The summed E-state index contributed by atoms with van der Waals surface area (Å²) in [5.74, 6) is 5.59. The van der Waals surface area contributed by atoms with Crippen LogP contribution in [0.5, 0.6) is 5.75 Å². The van der Waals surface area contributed by atoms with Crippen molar-refractivity contribution >= 4 is 12.0 Å². The van der Waals surface area contributed by atoms with E-state index in [1.54, 1.807) is 19.4 Å². The number of aromatic nitrogens is 2. The number of nitrogens with zero attached hydrogens (tertiary/aromatic N) is 4. The number of ether oxygens (including phenoxy) is 1. The van der Waals surface area contributed by atoms with Crippen LogP contribution < -0.4 is 10.6 Å². The van der Waals surface area contributed by atoms with Gasteiger partial charge < -0.3 is 20.7 Å². The molecule has 0 aliphatic rings. The lowest BCUT2D eigenvalue weighted by molar-refractivity contribution is -0.389. The van der Waals surface area contributed by atoms with Crippen molar-refractivity contribution in [1.82, 2.24) is 9.78 Å². The Labute approximate surface area is 114 Å². The predicted molar refractivity (Wildman–Crippen MR) is 72.8 cm³/mol. The maximum Gasteiger partial charge on any atom is 0.389 e. The third-order valence-electron chi connectivity index (χ3n) is 2.67. The SMILES string of the molecule is COc1ccc(C=NN)cc1Cn1ccc([N+](=O)[O-])n1. The summed E-state index contributed by atoms with van der Waals surface area (Å²) in [5.41, 5.74) is 1.63. The average Bonchev–Trinajstić information content (AvgIpc) is 2.88. The minimum Gasteiger partial charge on any atom is -0.496 e. The van der Waals surface area contributed by atoms with E-state index in [0.29, 0.717) is 12.3 Å². The largest absolute Gasteiger partial charge is 0.496 e. The molecule has 2 N–H and O–H groups in total. The molecule has 1 aromatic heterocycles. The minimum atomic E-state index is -0.536. The number of hydrogen-bond donors (Lipinski definition) is 1. The molecule has 2 rings (SSSR count). The van der Waals surface area contributed by atoms with Crippen molar-refractivity contribution in [3.8, 4) is 5.75 Å². The lowest BCUT2D eigenvalue weighted by atomic mass is 10.1. The number of nitrogens with two attached hydrogens (primary N) is 1. The normalized spacial score (nSPS) is 10.8. The average molecular weight is 275 g/mol. The monoisotopic (exact) mass is 275 g/mol. The second-order valence-corrected chi connectivity index (χ2v) is 3.98. The van der Waals surface area contributed by atoms with Gasteiger partial charge in [-0.05, 0) is 28.7 Å². The molecule has 1 aromatic carbocycles. The first-order valence-electron chi connectivity index (χ1n) is 5.72. The lowest BCUT2D eigenvalue weighted by Crippen LogP contribution is -2.04. The van der Waals surface area contributed by atoms with Crippen LogP contribution in [0.3, 0.4) is 0 Å². The molecule has 0 aliphatic heterocycles. The van der Waals surface area contributed by atoms with Crippen LogP contribution in [0.15, 0.2) is 35.6 Å². The lowest BCUT2D eigenvalue weighted by Gasteiger charge is -2.08. The molecule has 0 unspecified atom stereocenters. The summed E-state index contributed by atoms with van der Waals surface area (Å²) in [6.45, 7) is 0.350. The summed E-state index contributed by atoms with van der Waals surface area (Å²) < 4.78 is 6.73. The maximum absolute atomic E-state index is 10.6. The van der Waals surface area contributed by atoms with Gasteiger partial charge in [0.05, 0.1) is 37.2 Å². The van der Waals surface area contributed by atoms with Gasteiger partial charge >= 0.3 is 5.82 Å². The molecule has 0 aliphatic carbocycles. The number of nitro groups is 1. The van der Waals surface area contributed by atoms with Gasteiger partial charge in [-0.2, -0.15) is 9.78 Å². The van der Waals surface area contributed by atoms with E-state index in [2.05, 4.69) is 10.2 Å². The van der Waals surface area contributed by atoms with E-state index >= 15 is 0 Å². The van der Waals surface area contributed by atoms with Crippen LogP contribution in [0.2, 0.25) is 0 Å². The highest BCUT2D eigenvalue weighted by atomic mass is 16.6. The van der Waals surface area contributed by atoms with Gasteiger partial charge in [-0.1, -0.05) is 0 Å². The zero-order valence-corrected chi connectivity index (χ0v) is 10.8. The van der Waals surface area contributed by atoms with Crippen LogP contribution in [0.1, 0.15) is 11.1 Å². The zero-order valence-electron chi connectivity index (χ0n) is 10.8. The molecule has 2 aromatic rings. The van der Waals surface area contributed by atoms with Crippen LogP contribution in [0.25, 0.3) is 0 Å². The van der Waals surface area contributed by atoms with Crippen LogP contribution in [-0.2, 0) is 6.54 Å². The van der Waals surface area contributed by atoms with Gasteiger partial charge in [0, 0.05) is 5.56 Å². The summed E-state index contributed by atoms with van der Waals surface area (Å²) in [6.07, 6.45) is 3.05. The van der Waals surface area contributed by atoms with Crippen molar-refractivity contribution in [1.29, 1.82) is 0 Å². The summed E-state index contributed by atoms with van der Waals surface area (Å²) in [5, 5.41) is 17.9. The number of benzene rings is 1. The molecule has 0 spiro atoms. The highest BCUT2D eigenvalue weighted by Crippen LogP contribution is 2.20. The Morgan fingerprint density at radius 2 is 2.35 bits per heavy atom. The van der Waals surface area contributed by atoms with Gasteiger partial charge in [0.25, 0.3) is 0 Å². The number of rotatable bonds is 5. The van der Waals surface area contributed by atoms with Gasteiger partial charge in [0.2, 0.25) is 0 Å². The van der Waals surface area contributed by atoms with Gasteiger partial charge in [0.1, 0.15) is 5.75 Å². The molecule has 20 heavy (non-hydrogen) atoms. The van der Waals surface area contributed by atoms with E-state index in [1.807, 2.05) is 12.1 Å². The summed E-state index contributed by atoms with van der Waals surface area (Å²) >= 11 is 0. The Morgan fingerprint density at radius 1 is 1.55 bits per heavy atom. The molecule has 104 valence electrons. The Hall–Kier alpha value is -2.90. The summed E-state index contributed by atoms with van der Waals surface area (Å²) in [7, 11) is 1.56. The first-order valence-corrected chi connectivity index (χ1v) is 5.72. The van der Waals surface area contributed by atoms with E-state index in [1.165, 1.54) is 17.0 Å². The second-order valence-electron chi connectivity index (χ2n) is 3.98. The highest BCUT2D eigenvalue weighted by molar-refractivity contribution is 5.80. The highest BCUT2D eigenvalue weighted by Gasteiger charge is 2.13. The quantitative estimate of drug-likeness (QED) is 0.381. The van der Waals surface area contributed by atoms with Crippen LogP contribution in [0, 0.1) is 10.1 Å². The third-order valence-corrected chi connectivity index (χ3v) is 2.67. The van der Waals surface area contributed by atoms with E-state index < -0.39 is 4.92 Å². The molecule has 0 atom stereocenters. The predicted octanol–water partition coefficient (Wildman–Crippen LogP) is 1.14. The van der Waals surface area contributed by atoms with E-state index in [4.69, 9.17) is 10.6 Å². The fourth-order valence-corrected chi connectivity index (χ4v) is 1.80. The van der Waals surface area contributed by atoms with Crippen molar-refractivity contribution < 1.29 is 9.66 Å². The van der Waals surface area contributed by atoms with Gasteiger partial charge in [-0.15, -0.1) is 0 Å². The second kappa shape index (κ2) is 5.83. The molecule has 0 bridgehead atoms. The Bertz CT molecular complexity index is 650.